The highest BCUT2D eigenvalue weighted by Gasteiger charge is 1.98. The van der Waals surface area contributed by atoms with Crippen molar-refractivity contribution in [3.05, 3.63) is 34.9 Å². The van der Waals surface area contributed by atoms with Gasteiger partial charge < -0.3 is 5.11 Å². The Morgan fingerprint density at radius 2 is 2.19 bits per heavy atom. The van der Waals surface area contributed by atoms with Gasteiger partial charge in [-0.1, -0.05) is 23.7 Å². The topological polar surface area (TPSA) is 37.3 Å². The first-order valence-corrected chi connectivity index (χ1v) is 6.76. The zero-order chi connectivity index (χ0) is 11.8. The molecule has 0 aliphatic carbocycles. The molecule has 0 heterocycles. The molecule has 0 fully saturated rings. The number of thioether (sulfide) groups is 1. The van der Waals surface area contributed by atoms with Crippen molar-refractivity contribution in [3.8, 4) is 0 Å². The number of carboxylic acid groups (broad SMARTS) is 1. The summed E-state index contributed by atoms with van der Waals surface area (Å²) in [6, 6.07) is 7.83. The van der Waals surface area contributed by atoms with Crippen LogP contribution in [-0.2, 0) is 10.5 Å². The van der Waals surface area contributed by atoms with Gasteiger partial charge in [-0.3, -0.25) is 4.79 Å². The number of hydrogen-bond donors (Lipinski definition) is 1. The fourth-order valence-corrected chi connectivity index (χ4v) is 2.48. The Labute approximate surface area is 105 Å². The predicted octanol–water partition coefficient (Wildman–Crippen LogP) is 3.83. The third-order valence-electron chi connectivity index (χ3n) is 2.09. The van der Waals surface area contributed by atoms with Crippen LogP contribution < -0.4 is 0 Å². The molecule has 0 aliphatic rings. The number of carboxylic acids is 1. The van der Waals surface area contributed by atoms with Gasteiger partial charge in [0.1, 0.15) is 0 Å². The third kappa shape index (κ3) is 6.03. The number of hydrogen-bond acceptors (Lipinski definition) is 2. The maximum Gasteiger partial charge on any atom is 0.303 e. The molecule has 0 saturated carbocycles. The van der Waals surface area contributed by atoms with Crippen molar-refractivity contribution in [1.82, 2.24) is 0 Å². The Hall–Kier alpha value is -0.670. The van der Waals surface area contributed by atoms with Crippen LogP contribution in [0, 0.1) is 0 Å². The van der Waals surface area contributed by atoms with Crippen LogP contribution in [0.15, 0.2) is 24.3 Å². The minimum atomic E-state index is -0.708. The van der Waals surface area contributed by atoms with Crippen molar-refractivity contribution in [3.63, 3.8) is 0 Å². The summed E-state index contributed by atoms with van der Waals surface area (Å²) in [5, 5.41) is 9.22. The zero-order valence-corrected chi connectivity index (χ0v) is 10.6. The van der Waals surface area contributed by atoms with Crippen molar-refractivity contribution in [2.75, 3.05) is 5.75 Å². The summed E-state index contributed by atoms with van der Waals surface area (Å²) in [5.41, 5.74) is 1.22. The van der Waals surface area contributed by atoms with Crippen molar-refractivity contribution in [1.29, 1.82) is 0 Å². The van der Waals surface area contributed by atoms with E-state index in [1.807, 2.05) is 30.0 Å². The SMILES string of the molecule is O=C(O)CCCCSCc1cccc(Cl)c1. The van der Waals surface area contributed by atoms with Gasteiger partial charge in [0.2, 0.25) is 0 Å². The molecule has 4 heteroatoms. The summed E-state index contributed by atoms with van der Waals surface area (Å²) in [4.78, 5) is 10.3. The van der Waals surface area contributed by atoms with Crippen LogP contribution in [0.4, 0.5) is 0 Å². The summed E-state index contributed by atoms with van der Waals surface area (Å²) >= 11 is 7.68. The van der Waals surface area contributed by atoms with E-state index in [4.69, 9.17) is 16.7 Å². The molecule has 0 amide bonds. The highest BCUT2D eigenvalue weighted by atomic mass is 35.5. The van der Waals surface area contributed by atoms with Gasteiger partial charge in [-0.15, -0.1) is 0 Å². The highest BCUT2D eigenvalue weighted by molar-refractivity contribution is 7.98. The first kappa shape index (κ1) is 13.4. The molecule has 0 aliphatic heterocycles. The molecular formula is C12H15ClO2S. The second-order valence-corrected chi connectivity index (χ2v) is 5.07. The summed E-state index contributed by atoms with van der Waals surface area (Å²) in [6.45, 7) is 0. The Morgan fingerprint density at radius 1 is 1.38 bits per heavy atom. The van der Waals surface area contributed by atoms with E-state index in [9.17, 15) is 4.79 Å². The van der Waals surface area contributed by atoms with Crippen LogP contribution in [0.2, 0.25) is 5.02 Å². The number of benzene rings is 1. The standard InChI is InChI=1S/C12H15ClO2S/c13-11-5-3-4-10(8-11)9-16-7-2-1-6-12(14)15/h3-5,8H,1-2,6-7,9H2,(H,14,15). The average molecular weight is 259 g/mol. The van der Waals surface area contributed by atoms with Crippen LogP contribution in [0.3, 0.4) is 0 Å². The monoisotopic (exact) mass is 258 g/mol. The molecule has 0 bridgehead atoms. The summed E-state index contributed by atoms with van der Waals surface area (Å²) in [7, 11) is 0. The second kappa shape index (κ2) is 7.58. The minimum absolute atomic E-state index is 0.276. The lowest BCUT2D eigenvalue weighted by atomic mass is 10.2. The second-order valence-electron chi connectivity index (χ2n) is 3.53. The van der Waals surface area contributed by atoms with E-state index in [1.165, 1.54) is 5.56 Å². The summed E-state index contributed by atoms with van der Waals surface area (Å²) in [6.07, 6.45) is 1.99. The lowest BCUT2D eigenvalue weighted by Gasteiger charge is -2.02. The molecule has 16 heavy (non-hydrogen) atoms. The molecule has 0 unspecified atom stereocenters. The lowest BCUT2D eigenvalue weighted by molar-refractivity contribution is -0.137. The van der Waals surface area contributed by atoms with Crippen molar-refractivity contribution >= 4 is 29.3 Å². The largest absolute Gasteiger partial charge is 0.481 e. The minimum Gasteiger partial charge on any atom is -0.481 e. The van der Waals surface area contributed by atoms with Crippen molar-refractivity contribution in [2.45, 2.75) is 25.0 Å². The quantitative estimate of drug-likeness (QED) is 0.756. The molecule has 1 aromatic rings. The van der Waals surface area contributed by atoms with Gasteiger partial charge >= 0.3 is 5.97 Å². The lowest BCUT2D eigenvalue weighted by Crippen LogP contribution is -1.94. The van der Waals surface area contributed by atoms with E-state index in [2.05, 4.69) is 6.07 Å². The molecule has 1 aromatic carbocycles. The molecule has 2 nitrogen and oxygen atoms in total. The van der Waals surface area contributed by atoms with Crippen LogP contribution in [0.5, 0.6) is 0 Å². The van der Waals surface area contributed by atoms with E-state index in [-0.39, 0.29) is 6.42 Å². The van der Waals surface area contributed by atoms with E-state index in [0.29, 0.717) is 0 Å². The molecule has 0 atom stereocenters. The maximum absolute atomic E-state index is 10.3. The molecule has 0 radical (unpaired) electrons. The van der Waals surface area contributed by atoms with Gasteiger partial charge in [0.05, 0.1) is 0 Å². The van der Waals surface area contributed by atoms with Gasteiger partial charge in [-0.05, 0) is 36.3 Å². The van der Waals surface area contributed by atoms with E-state index >= 15 is 0 Å². The van der Waals surface area contributed by atoms with E-state index in [1.54, 1.807) is 0 Å². The van der Waals surface area contributed by atoms with Gasteiger partial charge in [0, 0.05) is 17.2 Å². The average Bonchev–Trinajstić information content (AvgIpc) is 2.23. The number of halogens is 1. The Balaban J connectivity index is 2.09. The van der Waals surface area contributed by atoms with Crippen molar-refractivity contribution in [2.24, 2.45) is 0 Å². The maximum atomic E-state index is 10.3. The predicted molar refractivity (Wildman–Crippen MR) is 69.1 cm³/mol. The Bertz CT molecular complexity index is 342. The van der Waals surface area contributed by atoms with Gasteiger partial charge in [0.25, 0.3) is 0 Å². The summed E-state index contributed by atoms with van der Waals surface area (Å²) < 4.78 is 0. The first-order valence-electron chi connectivity index (χ1n) is 5.22. The molecular weight excluding hydrogens is 244 g/mol. The van der Waals surface area contributed by atoms with Gasteiger partial charge in [-0.2, -0.15) is 11.8 Å². The van der Waals surface area contributed by atoms with Crippen LogP contribution >= 0.6 is 23.4 Å². The molecule has 0 aromatic heterocycles. The number of carbonyl (C=O) groups is 1. The molecule has 88 valence electrons. The molecule has 0 saturated heterocycles. The molecule has 1 rings (SSSR count). The van der Waals surface area contributed by atoms with Crippen LogP contribution in [-0.4, -0.2) is 16.8 Å². The fourth-order valence-electron chi connectivity index (χ4n) is 1.30. The van der Waals surface area contributed by atoms with E-state index < -0.39 is 5.97 Å². The Morgan fingerprint density at radius 3 is 2.88 bits per heavy atom. The van der Waals surface area contributed by atoms with Crippen LogP contribution in [0.25, 0.3) is 0 Å². The first-order chi connectivity index (χ1) is 7.68. The third-order valence-corrected chi connectivity index (χ3v) is 3.44. The van der Waals surface area contributed by atoms with E-state index in [0.717, 1.165) is 29.4 Å². The molecule has 1 N–H and O–H groups in total. The fraction of sp³-hybridized carbons (Fsp3) is 0.417. The molecule has 0 spiro atoms. The van der Waals surface area contributed by atoms with Gasteiger partial charge in [-0.25, -0.2) is 0 Å². The normalized spacial score (nSPS) is 10.3. The number of rotatable bonds is 7. The van der Waals surface area contributed by atoms with Gasteiger partial charge in [0.15, 0.2) is 0 Å². The smallest absolute Gasteiger partial charge is 0.303 e. The number of aliphatic carboxylic acids is 1. The number of unbranched alkanes of at least 4 members (excludes halogenated alkanes) is 1. The highest BCUT2D eigenvalue weighted by Crippen LogP contribution is 2.17. The van der Waals surface area contributed by atoms with Crippen molar-refractivity contribution < 1.29 is 9.90 Å². The zero-order valence-electron chi connectivity index (χ0n) is 8.99. The Kier molecular flexibility index (Phi) is 6.34. The summed E-state index contributed by atoms with van der Waals surface area (Å²) in [5.74, 6) is 1.23. The van der Waals surface area contributed by atoms with Crippen LogP contribution in [0.1, 0.15) is 24.8 Å².